The Balaban J connectivity index is 2.90. The smallest absolute Gasteiger partial charge is 0.119 e. The second kappa shape index (κ2) is 4.98. The van der Waals surface area contributed by atoms with Crippen LogP contribution in [0.25, 0.3) is 0 Å². The van der Waals surface area contributed by atoms with Crippen LogP contribution in [0.5, 0.6) is 5.75 Å². The number of aliphatic hydroxyl groups is 2. The molecule has 1 aromatic rings. The van der Waals surface area contributed by atoms with Gasteiger partial charge in [0.2, 0.25) is 0 Å². The first-order valence-electron chi connectivity index (χ1n) is 4.63. The molecule has 0 spiro atoms. The van der Waals surface area contributed by atoms with Crippen LogP contribution in [-0.2, 0) is 6.61 Å². The van der Waals surface area contributed by atoms with Crippen LogP contribution in [0.15, 0.2) is 12.1 Å². The summed E-state index contributed by atoms with van der Waals surface area (Å²) in [6, 6.07) is 3.74. The van der Waals surface area contributed by atoms with Gasteiger partial charge in [0.25, 0.3) is 0 Å². The molecule has 2 N–H and O–H groups in total. The molecule has 0 heterocycles. The zero-order chi connectivity index (χ0) is 10.6. The van der Waals surface area contributed by atoms with Crippen molar-refractivity contribution in [3.05, 3.63) is 28.8 Å². The first-order chi connectivity index (χ1) is 6.69. The van der Waals surface area contributed by atoms with Gasteiger partial charge < -0.3 is 14.9 Å². The van der Waals surface area contributed by atoms with Gasteiger partial charge in [-0.25, -0.2) is 0 Å². The molecule has 0 amide bonds. The number of rotatable bonds is 4. The molecule has 0 aliphatic rings. The van der Waals surface area contributed by atoms with Crippen LogP contribution in [-0.4, -0.2) is 23.4 Å². The number of hydrogen-bond donors (Lipinski definition) is 2. The normalized spacial score (nSPS) is 10.3. The standard InChI is InChI=1S/C11H16O3/c1-8-5-10(14-4-3-12)6-9(2)11(8)7-13/h5-6,12-13H,3-4,7H2,1-2H3. The molecule has 0 bridgehead atoms. The van der Waals surface area contributed by atoms with Crippen molar-refractivity contribution in [3.63, 3.8) is 0 Å². The summed E-state index contributed by atoms with van der Waals surface area (Å²) in [6.45, 7) is 4.24. The lowest BCUT2D eigenvalue weighted by atomic mass is 10.0. The molecule has 0 saturated carbocycles. The van der Waals surface area contributed by atoms with E-state index in [4.69, 9.17) is 14.9 Å². The maximum Gasteiger partial charge on any atom is 0.119 e. The van der Waals surface area contributed by atoms with Crippen molar-refractivity contribution in [1.29, 1.82) is 0 Å². The van der Waals surface area contributed by atoms with E-state index in [0.29, 0.717) is 6.61 Å². The fourth-order valence-corrected chi connectivity index (χ4v) is 1.45. The minimum absolute atomic E-state index is 0.0137. The summed E-state index contributed by atoms with van der Waals surface area (Å²) in [5, 5.41) is 17.7. The molecule has 0 fully saturated rings. The largest absolute Gasteiger partial charge is 0.491 e. The Morgan fingerprint density at radius 2 is 1.71 bits per heavy atom. The average molecular weight is 196 g/mol. The molecule has 1 aromatic carbocycles. The molecule has 0 aliphatic heterocycles. The number of aliphatic hydroxyl groups excluding tert-OH is 2. The van der Waals surface area contributed by atoms with Gasteiger partial charge in [-0.2, -0.15) is 0 Å². The maximum atomic E-state index is 9.09. The summed E-state index contributed by atoms with van der Waals surface area (Å²) in [6.07, 6.45) is 0. The molecule has 1 rings (SSSR count). The molecule has 0 aromatic heterocycles. The molecule has 3 nitrogen and oxygen atoms in total. The number of aryl methyl sites for hydroxylation is 2. The van der Waals surface area contributed by atoms with Gasteiger partial charge in [-0.1, -0.05) is 0 Å². The van der Waals surface area contributed by atoms with E-state index in [1.54, 1.807) is 0 Å². The quantitative estimate of drug-likeness (QED) is 0.760. The molecule has 0 aliphatic carbocycles. The van der Waals surface area contributed by atoms with Gasteiger partial charge in [0.05, 0.1) is 13.2 Å². The maximum absolute atomic E-state index is 9.09. The van der Waals surface area contributed by atoms with Crippen LogP contribution in [0.4, 0.5) is 0 Å². The summed E-state index contributed by atoms with van der Waals surface area (Å²) < 4.78 is 5.28. The van der Waals surface area contributed by atoms with Gasteiger partial charge in [-0.15, -0.1) is 0 Å². The molecule has 0 radical (unpaired) electrons. The first kappa shape index (κ1) is 11.0. The average Bonchev–Trinajstić information content (AvgIpc) is 2.14. The lowest BCUT2D eigenvalue weighted by Gasteiger charge is -2.11. The van der Waals surface area contributed by atoms with Crippen molar-refractivity contribution in [3.8, 4) is 5.75 Å². The predicted molar refractivity (Wildman–Crippen MR) is 54.4 cm³/mol. The molecule has 3 heteroatoms. The van der Waals surface area contributed by atoms with Crippen molar-refractivity contribution in [2.45, 2.75) is 20.5 Å². The van der Waals surface area contributed by atoms with Crippen molar-refractivity contribution >= 4 is 0 Å². The van der Waals surface area contributed by atoms with E-state index in [0.717, 1.165) is 22.4 Å². The summed E-state index contributed by atoms with van der Waals surface area (Å²) in [4.78, 5) is 0. The summed E-state index contributed by atoms with van der Waals surface area (Å²) >= 11 is 0. The van der Waals surface area contributed by atoms with Crippen molar-refractivity contribution in [2.75, 3.05) is 13.2 Å². The third-order valence-corrected chi connectivity index (χ3v) is 2.19. The molecular formula is C11H16O3. The summed E-state index contributed by atoms with van der Waals surface area (Å²) in [5.41, 5.74) is 2.97. The second-order valence-corrected chi connectivity index (χ2v) is 3.27. The van der Waals surface area contributed by atoms with Crippen LogP contribution in [0.3, 0.4) is 0 Å². The monoisotopic (exact) mass is 196 g/mol. The molecule has 0 unspecified atom stereocenters. The molecule has 0 saturated heterocycles. The lowest BCUT2D eigenvalue weighted by Crippen LogP contribution is -2.03. The highest BCUT2D eigenvalue weighted by atomic mass is 16.5. The van der Waals surface area contributed by atoms with Gasteiger partial charge in [-0.05, 0) is 42.7 Å². The molecule has 78 valence electrons. The van der Waals surface area contributed by atoms with Crippen LogP contribution in [0, 0.1) is 13.8 Å². The highest BCUT2D eigenvalue weighted by Crippen LogP contribution is 2.21. The molecule has 0 atom stereocenters. The first-order valence-corrected chi connectivity index (χ1v) is 4.63. The van der Waals surface area contributed by atoms with E-state index in [-0.39, 0.29) is 13.2 Å². The van der Waals surface area contributed by atoms with E-state index in [1.807, 2.05) is 26.0 Å². The second-order valence-electron chi connectivity index (χ2n) is 3.27. The van der Waals surface area contributed by atoms with E-state index >= 15 is 0 Å². The summed E-state index contributed by atoms with van der Waals surface area (Å²) in [7, 11) is 0. The van der Waals surface area contributed by atoms with Gasteiger partial charge >= 0.3 is 0 Å². The Labute approximate surface area is 84.0 Å². The Morgan fingerprint density at radius 3 is 2.14 bits per heavy atom. The lowest BCUT2D eigenvalue weighted by molar-refractivity contribution is 0.201. The Hall–Kier alpha value is -1.06. The minimum Gasteiger partial charge on any atom is -0.491 e. The number of hydrogen-bond acceptors (Lipinski definition) is 3. The van der Waals surface area contributed by atoms with E-state index in [9.17, 15) is 0 Å². The molecular weight excluding hydrogens is 180 g/mol. The Kier molecular flexibility index (Phi) is 3.92. The van der Waals surface area contributed by atoms with Crippen molar-refractivity contribution in [2.24, 2.45) is 0 Å². The van der Waals surface area contributed by atoms with E-state index in [2.05, 4.69) is 0 Å². The number of ether oxygens (including phenoxy) is 1. The zero-order valence-corrected chi connectivity index (χ0v) is 8.58. The molecule has 14 heavy (non-hydrogen) atoms. The topological polar surface area (TPSA) is 49.7 Å². The third-order valence-electron chi connectivity index (χ3n) is 2.19. The highest BCUT2D eigenvalue weighted by Gasteiger charge is 2.04. The Bertz CT molecular complexity index is 284. The van der Waals surface area contributed by atoms with E-state index < -0.39 is 0 Å². The summed E-state index contributed by atoms with van der Waals surface area (Å²) in [5.74, 6) is 0.742. The van der Waals surface area contributed by atoms with Crippen LogP contribution in [0.1, 0.15) is 16.7 Å². The van der Waals surface area contributed by atoms with Crippen LogP contribution < -0.4 is 4.74 Å². The van der Waals surface area contributed by atoms with E-state index in [1.165, 1.54) is 0 Å². The van der Waals surface area contributed by atoms with Gasteiger partial charge in [-0.3, -0.25) is 0 Å². The van der Waals surface area contributed by atoms with Crippen LogP contribution >= 0.6 is 0 Å². The number of benzene rings is 1. The third kappa shape index (κ3) is 2.47. The fraction of sp³-hybridized carbons (Fsp3) is 0.455. The van der Waals surface area contributed by atoms with Crippen molar-refractivity contribution in [1.82, 2.24) is 0 Å². The van der Waals surface area contributed by atoms with Gasteiger partial charge in [0, 0.05) is 0 Å². The van der Waals surface area contributed by atoms with Crippen molar-refractivity contribution < 1.29 is 14.9 Å². The van der Waals surface area contributed by atoms with Gasteiger partial charge in [0.15, 0.2) is 0 Å². The van der Waals surface area contributed by atoms with Gasteiger partial charge in [0.1, 0.15) is 12.4 Å². The van der Waals surface area contributed by atoms with Crippen LogP contribution in [0.2, 0.25) is 0 Å². The Morgan fingerprint density at radius 1 is 1.14 bits per heavy atom. The fourth-order valence-electron chi connectivity index (χ4n) is 1.45. The highest BCUT2D eigenvalue weighted by molar-refractivity contribution is 5.40. The predicted octanol–water partition coefficient (Wildman–Crippen LogP) is 1.17. The minimum atomic E-state index is 0.0137. The SMILES string of the molecule is Cc1cc(OCCO)cc(C)c1CO. The zero-order valence-electron chi connectivity index (χ0n) is 8.58.